The molecule has 0 aromatic heterocycles. The van der Waals surface area contributed by atoms with Gasteiger partial charge in [0.05, 0.1) is 12.6 Å². The Bertz CT molecular complexity index is 587. The molecular weight excluding hydrogens is 253 g/mol. The van der Waals surface area contributed by atoms with Crippen LogP contribution in [0.3, 0.4) is 0 Å². The van der Waals surface area contributed by atoms with Gasteiger partial charge in [-0.2, -0.15) is 0 Å². The van der Waals surface area contributed by atoms with Crippen molar-refractivity contribution in [2.75, 3.05) is 6.61 Å². The highest BCUT2D eigenvalue weighted by Gasteiger charge is 2.18. The summed E-state index contributed by atoms with van der Waals surface area (Å²) >= 11 is 0. The lowest BCUT2D eigenvalue weighted by Gasteiger charge is -2.20. The van der Waals surface area contributed by atoms with Crippen LogP contribution in [0.4, 0.5) is 4.39 Å². The molecule has 2 rings (SSSR count). The Balaban J connectivity index is 2.49. The Labute approximate surface area is 119 Å². The zero-order valence-corrected chi connectivity index (χ0v) is 12.1. The minimum Gasteiger partial charge on any atom is -0.494 e. The van der Waals surface area contributed by atoms with Crippen molar-refractivity contribution in [2.24, 2.45) is 5.73 Å². The zero-order chi connectivity index (χ0) is 14.7. The van der Waals surface area contributed by atoms with E-state index in [1.165, 1.54) is 12.1 Å². The molecule has 0 bridgehead atoms. The Morgan fingerprint density at radius 3 is 2.35 bits per heavy atom. The molecule has 2 aromatic rings. The molecule has 2 N–H and O–H groups in total. The summed E-state index contributed by atoms with van der Waals surface area (Å²) < 4.78 is 19.0. The number of rotatable bonds is 4. The van der Waals surface area contributed by atoms with E-state index in [4.69, 9.17) is 10.5 Å². The topological polar surface area (TPSA) is 35.2 Å². The highest BCUT2D eigenvalue weighted by Crippen LogP contribution is 2.32. The molecule has 0 spiro atoms. The first-order valence-corrected chi connectivity index (χ1v) is 6.78. The lowest BCUT2D eigenvalue weighted by atomic mass is 9.91. The van der Waals surface area contributed by atoms with Crippen LogP contribution in [0, 0.1) is 19.7 Å². The molecule has 0 saturated heterocycles. The third kappa shape index (κ3) is 2.83. The molecule has 0 amide bonds. The monoisotopic (exact) mass is 273 g/mol. The average Bonchev–Trinajstić information content (AvgIpc) is 2.38. The predicted molar refractivity (Wildman–Crippen MR) is 79.5 cm³/mol. The highest BCUT2D eigenvalue weighted by atomic mass is 19.1. The van der Waals surface area contributed by atoms with Gasteiger partial charge in [-0.25, -0.2) is 4.39 Å². The summed E-state index contributed by atoms with van der Waals surface area (Å²) in [6.45, 7) is 6.30. The van der Waals surface area contributed by atoms with Gasteiger partial charge in [0.25, 0.3) is 0 Å². The van der Waals surface area contributed by atoms with Crippen molar-refractivity contribution in [2.45, 2.75) is 26.8 Å². The number of hydrogen-bond donors (Lipinski definition) is 1. The lowest BCUT2D eigenvalue weighted by Crippen LogP contribution is -2.16. The largest absolute Gasteiger partial charge is 0.494 e. The van der Waals surface area contributed by atoms with Gasteiger partial charge in [-0.15, -0.1) is 0 Å². The van der Waals surface area contributed by atoms with Crippen molar-refractivity contribution in [1.82, 2.24) is 0 Å². The highest BCUT2D eigenvalue weighted by molar-refractivity contribution is 5.46. The summed E-state index contributed by atoms with van der Waals surface area (Å²) in [5.74, 6) is 0.555. The molecule has 106 valence electrons. The summed E-state index contributed by atoms with van der Waals surface area (Å²) in [7, 11) is 0. The molecule has 0 aliphatic heterocycles. The third-order valence-electron chi connectivity index (χ3n) is 3.42. The van der Waals surface area contributed by atoms with Crippen molar-refractivity contribution in [3.63, 3.8) is 0 Å². The molecule has 0 aliphatic carbocycles. The fourth-order valence-corrected chi connectivity index (χ4v) is 2.59. The summed E-state index contributed by atoms with van der Waals surface area (Å²) in [5, 5.41) is 0. The number of ether oxygens (including phenoxy) is 1. The van der Waals surface area contributed by atoms with E-state index in [2.05, 4.69) is 0 Å². The molecule has 20 heavy (non-hydrogen) atoms. The van der Waals surface area contributed by atoms with Crippen molar-refractivity contribution in [3.8, 4) is 5.75 Å². The first-order valence-electron chi connectivity index (χ1n) is 6.78. The van der Waals surface area contributed by atoms with Gasteiger partial charge in [-0.05, 0) is 55.7 Å². The first kappa shape index (κ1) is 14.5. The van der Waals surface area contributed by atoms with Crippen LogP contribution >= 0.6 is 0 Å². The molecule has 0 radical (unpaired) electrons. The van der Waals surface area contributed by atoms with E-state index in [9.17, 15) is 4.39 Å². The van der Waals surface area contributed by atoms with Crippen molar-refractivity contribution in [3.05, 3.63) is 64.5 Å². The zero-order valence-electron chi connectivity index (χ0n) is 12.1. The molecular formula is C17H20FNO. The van der Waals surface area contributed by atoms with Crippen LogP contribution in [0.25, 0.3) is 0 Å². The van der Waals surface area contributed by atoms with Crippen LogP contribution in [-0.2, 0) is 0 Å². The Morgan fingerprint density at radius 1 is 1.15 bits per heavy atom. The quantitative estimate of drug-likeness (QED) is 0.917. The number of hydrogen-bond acceptors (Lipinski definition) is 2. The summed E-state index contributed by atoms with van der Waals surface area (Å²) in [4.78, 5) is 0. The smallest absolute Gasteiger partial charge is 0.124 e. The fraction of sp³-hybridized carbons (Fsp3) is 0.294. The fourth-order valence-electron chi connectivity index (χ4n) is 2.59. The number of nitrogens with two attached hydrogens (primary N) is 1. The molecule has 0 saturated carbocycles. The number of halogens is 1. The van der Waals surface area contributed by atoms with Crippen molar-refractivity contribution < 1.29 is 9.13 Å². The average molecular weight is 273 g/mol. The van der Waals surface area contributed by atoms with Crippen LogP contribution in [0.2, 0.25) is 0 Å². The molecule has 0 fully saturated rings. The van der Waals surface area contributed by atoms with E-state index >= 15 is 0 Å². The van der Waals surface area contributed by atoms with E-state index in [0.29, 0.717) is 6.61 Å². The maximum absolute atomic E-state index is 13.4. The van der Waals surface area contributed by atoms with Gasteiger partial charge < -0.3 is 10.5 Å². The van der Waals surface area contributed by atoms with Gasteiger partial charge in [0, 0.05) is 5.56 Å². The van der Waals surface area contributed by atoms with Crippen LogP contribution < -0.4 is 10.5 Å². The molecule has 1 atom stereocenters. The standard InChI is InChI=1S/C17H20FNO/c1-4-20-15-8-6-5-7-14(15)17(19)16-11(2)9-13(18)10-12(16)3/h5-10,17H,4,19H2,1-3H3. The second kappa shape index (κ2) is 6.06. The summed E-state index contributed by atoms with van der Waals surface area (Å²) in [5.41, 5.74) is 10.0. The van der Waals surface area contributed by atoms with E-state index in [0.717, 1.165) is 28.0 Å². The summed E-state index contributed by atoms with van der Waals surface area (Å²) in [6.07, 6.45) is 0. The van der Waals surface area contributed by atoms with Crippen LogP contribution in [0.1, 0.15) is 35.2 Å². The minimum atomic E-state index is -0.321. The third-order valence-corrected chi connectivity index (χ3v) is 3.42. The molecule has 1 unspecified atom stereocenters. The second-order valence-electron chi connectivity index (χ2n) is 4.90. The molecule has 0 aliphatic rings. The number of aryl methyl sites for hydroxylation is 2. The molecule has 2 nitrogen and oxygen atoms in total. The Morgan fingerprint density at radius 2 is 1.75 bits per heavy atom. The SMILES string of the molecule is CCOc1ccccc1C(N)c1c(C)cc(F)cc1C. The van der Waals surface area contributed by atoms with Gasteiger partial charge in [0.2, 0.25) is 0 Å². The van der Waals surface area contributed by atoms with E-state index in [-0.39, 0.29) is 11.9 Å². The summed E-state index contributed by atoms with van der Waals surface area (Å²) in [6, 6.07) is 10.4. The van der Waals surface area contributed by atoms with Gasteiger partial charge in [-0.1, -0.05) is 18.2 Å². The molecule has 3 heteroatoms. The van der Waals surface area contributed by atoms with Crippen molar-refractivity contribution in [1.29, 1.82) is 0 Å². The maximum atomic E-state index is 13.4. The number of para-hydroxylation sites is 1. The van der Waals surface area contributed by atoms with Crippen LogP contribution in [-0.4, -0.2) is 6.61 Å². The lowest BCUT2D eigenvalue weighted by molar-refractivity contribution is 0.335. The van der Waals surface area contributed by atoms with E-state index < -0.39 is 0 Å². The van der Waals surface area contributed by atoms with E-state index in [1.807, 2.05) is 45.0 Å². The van der Waals surface area contributed by atoms with Gasteiger partial charge in [0.15, 0.2) is 0 Å². The maximum Gasteiger partial charge on any atom is 0.124 e. The van der Waals surface area contributed by atoms with Crippen molar-refractivity contribution >= 4 is 0 Å². The second-order valence-corrected chi connectivity index (χ2v) is 4.90. The Hall–Kier alpha value is -1.87. The predicted octanol–water partition coefficient (Wildman–Crippen LogP) is 3.89. The number of benzene rings is 2. The minimum absolute atomic E-state index is 0.228. The van der Waals surface area contributed by atoms with Gasteiger partial charge in [-0.3, -0.25) is 0 Å². The Kier molecular flexibility index (Phi) is 4.40. The van der Waals surface area contributed by atoms with E-state index in [1.54, 1.807) is 0 Å². The normalized spacial score (nSPS) is 12.2. The van der Waals surface area contributed by atoms with Crippen LogP contribution in [0.15, 0.2) is 36.4 Å². The van der Waals surface area contributed by atoms with Crippen LogP contribution in [0.5, 0.6) is 5.75 Å². The molecule has 0 heterocycles. The van der Waals surface area contributed by atoms with Gasteiger partial charge in [0.1, 0.15) is 11.6 Å². The van der Waals surface area contributed by atoms with Gasteiger partial charge >= 0.3 is 0 Å². The first-order chi connectivity index (χ1) is 9.54. The molecule has 2 aromatic carbocycles.